The third-order valence-corrected chi connectivity index (χ3v) is 4.06. The number of aliphatic hydroxyl groups is 1. The Labute approximate surface area is 115 Å². The van der Waals surface area contributed by atoms with E-state index in [1.165, 1.54) is 11.1 Å². The van der Waals surface area contributed by atoms with E-state index in [9.17, 15) is 9.90 Å². The van der Waals surface area contributed by atoms with Gasteiger partial charge < -0.3 is 10.0 Å². The summed E-state index contributed by atoms with van der Waals surface area (Å²) < 4.78 is 0. The maximum atomic E-state index is 12.3. The predicted octanol–water partition coefficient (Wildman–Crippen LogP) is 2.08. The molecule has 2 atom stereocenters. The second-order valence-electron chi connectivity index (χ2n) is 5.78. The van der Waals surface area contributed by atoms with Gasteiger partial charge in [-0.2, -0.15) is 0 Å². The van der Waals surface area contributed by atoms with E-state index in [4.69, 9.17) is 0 Å². The Balaban J connectivity index is 2.03. The molecule has 1 saturated heterocycles. The number of aryl methyl sites for hydroxylation is 2. The normalized spacial score (nSPS) is 23.5. The minimum atomic E-state index is -0.259. The van der Waals surface area contributed by atoms with Gasteiger partial charge in [-0.25, -0.2) is 0 Å². The Morgan fingerprint density at radius 3 is 2.84 bits per heavy atom. The summed E-state index contributed by atoms with van der Waals surface area (Å²) in [7, 11) is 0. The first-order chi connectivity index (χ1) is 8.97. The molecule has 1 aromatic carbocycles. The lowest BCUT2D eigenvalue weighted by Gasteiger charge is -2.34. The van der Waals surface area contributed by atoms with E-state index < -0.39 is 0 Å². The van der Waals surface area contributed by atoms with Crippen LogP contribution in [0.5, 0.6) is 0 Å². The van der Waals surface area contributed by atoms with Crippen LogP contribution in [-0.2, 0) is 11.2 Å². The van der Waals surface area contributed by atoms with Crippen LogP contribution in [-0.4, -0.2) is 35.1 Å². The molecule has 0 radical (unpaired) electrons. The molecule has 19 heavy (non-hydrogen) atoms. The average molecular weight is 261 g/mol. The third-order valence-electron chi connectivity index (χ3n) is 4.06. The molecule has 0 bridgehead atoms. The van der Waals surface area contributed by atoms with Gasteiger partial charge in [0.15, 0.2) is 0 Å². The minimum Gasteiger partial charge on any atom is -0.393 e. The quantitative estimate of drug-likeness (QED) is 0.885. The van der Waals surface area contributed by atoms with Crippen molar-refractivity contribution >= 4 is 5.91 Å². The highest BCUT2D eigenvalue weighted by molar-refractivity contribution is 5.79. The molecule has 1 aliphatic heterocycles. The molecule has 2 rings (SSSR count). The molecule has 0 aromatic heterocycles. The van der Waals surface area contributed by atoms with E-state index in [1.54, 1.807) is 0 Å². The molecule has 1 aliphatic rings. The molecule has 0 saturated carbocycles. The second-order valence-corrected chi connectivity index (χ2v) is 5.78. The number of hydrogen-bond donors (Lipinski definition) is 1. The molecule has 1 heterocycles. The predicted molar refractivity (Wildman–Crippen MR) is 76.0 cm³/mol. The van der Waals surface area contributed by atoms with Crippen LogP contribution >= 0.6 is 0 Å². The zero-order valence-corrected chi connectivity index (χ0v) is 12.0. The van der Waals surface area contributed by atoms with E-state index in [0.717, 1.165) is 5.56 Å². The smallest absolute Gasteiger partial charge is 0.227 e. The number of hydrogen-bond acceptors (Lipinski definition) is 2. The van der Waals surface area contributed by atoms with Gasteiger partial charge in [-0.15, -0.1) is 0 Å². The molecular weight excluding hydrogens is 238 g/mol. The van der Waals surface area contributed by atoms with Crippen LogP contribution in [0.2, 0.25) is 0 Å². The summed E-state index contributed by atoms with van der Waals surface area (Å²) in [5, 5.41) is 9.71. The number of carbonyl (C=O) groups excluding carboxylic acids is 1. The molecule has 104 valence electrons. The number of rotatable bonds is 2. The molecule has 1 N–H and O–H groups in total. The number of nitrogens with zero attached hydrogens (tertiary/aromatic N) is 1. The van der Waals surface area contributed by atoms with Gasteiger partial charge >= 0.3 is 0 Å². The van der Waals surface area contributed by atoms with Gasteiger partial charge in [0.25, 0.3) is 0 Å². The minimum absolute atomic E-state index is 0.174. The van der Waals surface area contributed by atoms with Gasteiger partial charge in [0, 0.05) is 13.1 Å². The van der Waals surface area contributed by atoms with Gasteiger partial charge in [0.05, 0.1) is 12.5 Å². The molecule has 0 spiro atoms. The number of aliphatic hydroxyl groups excluding tert-OH is 1. The first-order valence-corrected chi connectivity index (χ1v) is 6.99. The van der Waals surface area contributed by atoms with Crippen molar-refractivity contribution in [2.75, 3.05) is 13.1 Å². The maximum Gasteiger partial charge on any atom is 0.227 e. The molecule has 1 amide bonds. The fraction of sp³-hybridized carbons (Fsp3) is 0.562. The van der Waals surface area contributed by atoms with E-state index in [-0.39, 0.29) is 17.9 Å². The first kappa shape index (κ1) is 14.1. The van der Waals surface area contributed by atoms with Gasteiger partial charge in [0.1, 0.15) is 0 Å². The summed E-state index contributed by atoms with van der Waals surface area (Å²) in [5.74, 6) is 0.351. The molecular formula is C16H23NO2. The number of piperidine rings is 1. The van der Waals surface area contributed by atoms with Gasteiger partial charge in [0.2, 0.25) is 5.91 Å². The summed E-state index contributed by atoms with van der Waals surface area (Å²) in [6.07, 6.45) is 0.903. The fourth-order valence-corrected chi connectivity index (χ4v) is 2.63. The van der Waals surface area contributed by atoms with Gasteiger partial charge in [-0.3, -0.25) is 4.79 Å². The average Bonchev–Trinajstić information content (AvgIpc) is 2.37. The van der Waals surface area contributed by atoms with Crippen molar-refractivity contribution in [1.82, 2.24) is 4.90 Å². The van der Waals surface area contributed by atoms with Crippen LogP contribution < -0.4 is 0 Å². The summed E-state index contributed by atoms with van der Waals surface area (Å²) in [5.41, 5.74) is 3.48. The second kappa shape index (κ2) is 5.74. The number of benzene rings is 1. The zero-order chi connectivity index (χ0) is 14.0. The summed E-state index contributed by atoms with van der Waals surface area (Å²) in [6, 6.07) is 6.23. The number of amides is 1. The summed E-state index contributed by atoms with van der Waals surface area (Å²) in [6.45, 7) is 7.44. The van der Waals surface area contributed by atoms with Crippen LogP contribution in [0.4, 0.5) is 0 Å². The molecule has 1 aromatic rings. The summed E-state index contributed by atoms with van der Waals surface area (Å²) >= 11 is 0. The lowest BCUT2D eigenvalue weighted by atomic mass is 9.95. The Hall–Kier alpha value is -1.35. The molecule has 2 unspecified atom stereocenters. The highest BCUT2D eigenvalue weighted by atomic mass is 16.3. The maximum absolute atomic E-state index is 12.3. The van der Waals surface area contributed by atoms with Crippen LogP contribution in [0.1, 0.15) is 30.0 Å². The molecule has 1 fully saturated rings. The summed E-state index contributed by atoms with van der Waals surface area (Å²) in [4.78, 5) is 14.2. The van der Waals surface area contributed by atoms with Crippen molar-refractivity contribution in [2.24, 2.45) is 5.92 Å². The Morgan fingerprint density at radius 1 is 1.42 bits per heavy atom. The molecule has 0 aliphatic carbocycles. The SMILES string of the molecule is Cc1ccc(C)c(CC(=O)N2CCC(O)C(C)C2)c1. The van der Waals surface area contributed by atoms with Crippen LogP contribution in [0.25, 0.3) is 0 Å². The van der Waals surface area contributed by atoms with E-state index in [1.807, 2.05) is 25.7 Å². The Kier molecular flexibility index (Phi) is 4.25. The van der Waals surface area contributed by atoms with Crippen LogP contribution in [0, 0.1) is 19.8 Å². The standard InChI is InChI=1S/C16H23NO2/c1-11-4-5-12(2)14(8-11)9-16(19)17-7-6-15(18)13(3)10-17/h4-5,8,13,15,18H,6-7,9-10H2,1-3H3. The van der Waals surface area contributed by atoms with Crippen molar-refractivity contribution in [3.63, 3.8) is 0 Å². The Bertz CT molecular complexity index is 470. The lowest BCUT2D eigenvalue weighted by molar-refractivity contribution is -0.133. The van der Waals surface area contributed by atoms with Gasteiger partial charge in [-0.05, 0) is 37.3 Å². The van der Waals surface area contributed by atoms with Crippen molar-refractivity contribution in [3.8, 4) is 0 Å². The van der Waals surface area contributed by atoms with Crippen LogP contribution in [0.15, 0.2) is 18.2 Å². The van der Waals surface area contributed by atoms with Crippen molar-refractivity contribution in [1.29, 1.82) is 0 Å². The largest absolute Gasteiger partial charge is 0.393 e. The number of carbonyl (C=O) groups is 1. The topological polar surface area (TPSA) is 40.5 Å². The van der Waals surface area contributed by atoms with E-state index in [2.05, 4.69) is 18.2 Å². The monoisotopic (exact) mass is 261 g/mol. The number of likely N-dealkylation sites (tertiary alicyclic amines) is 1. The van der Waals surface area contributed by atoms with Crippen LogP contribution in [0.3, 0.4) is 0 Å². The Morgan fingerprint density at radius 2 is 2.16 bits per heavy atom. The molecule has 3 heteroatoms. The van der Waals surface area contributed by atoms with Crippen molar-refractivity contribution in [3.05, 3.63) is 34.9 Å². The zero-order valence-electron chi connectivity index (χ0n) is 12.0. The molecule has 3 nitrogen and oxygen atoms in total. The fourth-order valence-electron chi connectivity index (χ4n) is 2.63. The van der Waals surface area contributed by atoms with E-state index in [0.29, 0.717) is 25.9 Å². The van der Waals surface area contributed by atoms with Crippen molar-refractivity contribution < 1.29 is 9.90 Å². The first-order valence-electron chi connectivity index (χ1n) is 6.99. The lowest BCUT2D eigenvalue weighted by Crippen LogP contribution is -2.45. The third kappa shape index (κ3) is 3.35. The van der Waals surface area contributed by atoms with Crippen molar-refractivity contribution in [2.45, 2.75) is 39.7 Å². The van der Waals surface area contributed by atoms with E-state index >= 15 is 0 Å². The highest BCUT2D eigenvalue weighted by Gasteiger charge is 2.27. The van der Waals surface area contributed by atoms with Gasteiger partial charge in [-0.1, -0.05) is 30.7 Å². The highest BCUT2D eigenvalue weighted by Crippen LogP contribution is 2.18.